The molecular formula is C14H14N2O4. The van der Waals surface area contributed by atoms with Crippen LogP contribution in [0.2, 0.25) is 0 Å². The number of benzene rings is 1. The zero-order chi connectivity index (χ0) is 14.7. The summed E-state index contributed by atoms with van der Waals surface area (Å²) in [5, 5.41) is 12.9. The maximum absolute atomic E-state index is 11.7. The fourth-order valence-corrected chi connectivity index (χ4v) is 1.90. The maximum Gasteiger partial charge on any atom is 0.309 e. The lowest BCUT2D eigenvalue weighted by Crippen LogP contribution is -2.21. The lowest BCUT2D eigenvalue weighted by Gasteiger charge is -2.13. The van der Waals surface area contributed by atoms with Gasteiger partial charge in [-0.3, -0.25) is 9.59 Å². The summed E-state index contributed by atoms with van der Waals surface area (Å²) in [7, 11) is 1.54. The third-order valence-electron chi connectivity index (χ3n) is 2.81. The highest BCUT2D eigenvalue weighted by Gasteiger charge is 2.13. The predicted molar refractivity (Wildman–Crippen MR) is 72.5 cm³/mol. The summed E-state index contributed by atoms with van der Waals surface area (Å²) >= 11 is 0. The molecular weight excluding hydrogens is 260 g/mol. The van der Waals surface area contributed by atoms with Crippen LogP contribution in [0.4, 0.5) is 0 Å². The number of ether oxygens (including phenoxy) is 1. The molecule has 1 aromatic heterocycles. The molecule has 2 rings (SSSR count). The van der Waals surface area contributed by atoms with Gasteiger partial charge in [0.2, 0.25) is 5.43 Å². The first-order valence-electron chi connectivity index (χ1n) is 5.98. The molecule has 1 heterocycles. The van der Waals surface area contributed by atoms with E-state index in [2.05, 4.69) is 5.10 Å². The van der Waals surface area contributed by atoms with Gasteiger partial charge in [0.1, 0.15) is 17.1 Å². The Morgan fingerprint density at radius 2 is 2.10 bits per heavy atom. The molecule has 0 saturated heterocycles. The van der Waals surface area contributed by atoms with Gasteiger partial charge in [0, 0.05) is 11.8 Å². The summed E-state index contributed by atoms with van der Waals surface area (Å²) in [6.07, 6.45) is -0.408. The van der Waals surface area contributed by atoms with Crippen molar-refractivity contribution in [2.24, 2.45) is 0 Å². The molecule has 0 bridgehead atoms. The van der Waals surface area contributed by atoms with E-state index in [0.717, 1.165) is 0 Å². The zero-order valence-electron chi connectivity index (χ0n) is 11.2. The van der Waals surface area contributed by atoms with Crippen LogP contribution in [-0.4, -0.2) is 28.0 Å². The lowest BCUT2D eigenvalue weighted by atomic mass is 10.2. The van der Waals surface area contributed by atoms with Crippen LogP contribution in [-0.2, 0) is 11.2 Å². The number of aromatic nitrogens is 2. The standard InChI is InChI=1S/C14H14N2O4/c1-9-7-12(17)10(8-14(18)19)15-16(9)11-5-3-4-6-13(11)20-2/h3-7H,8H2,1-2H3,(H,18,19). The van der Waals surface area contributed by atoms with Gasteiger partial charge >= 0.3 is 5.97 Å². The van der Waals surface area contributed by atoms with E-state index in [4.69, 9.17) is 9.84 Å². The second kappa shape index (κ2) is 5.56. The van der Waals surface area contributed by atoms with Gasteiger partial charge in [-0.1, -0.05) is 12.1 Å². The summed E-state index contributed by atoms with van der Waals surface area (Å²) in [4.78, 5) is 22.5. The van der Waals surface area contributed by atoms with E-state index >= 15 is 0 Å². The number of methoxy groups -OCH3 is 1. The Hall–Kier alpha value is -2.63. The summed E-state index contributed by atoms with van der Waals surface area (Å²) < 4.78 is 6.76. The Kier molecular flexibility index (Phi) is 3.84. The molecule has 1 aromatic carbocycles. The summed E-state index contributed by atoms with van der Waals surface area (Å²) in [5.74, 6) is -0.502. The van der Waals surface area contributed by atoms with Crippen LogP contribution in [0.1, 0.15) is 11.4 Å². The van der Waals surface area contributed by atoms with Crippen LogP contribution in [0.15, 0.2) is 35.1 Å². The molecule has 0 aliphatic carbocycles. The third-order valence-corrected chi connectivity index (χ3v) is 2.81. The highest BCUT2D eigenvalue weighted by molar-refractivity contribution is 5.69. The molecule has 0 aliphatic rings. The van der Waals surface area contributed by atoms with Crippen molar-refractivity contribution in [2.75, 3.05) is 7.11 Å². The molecule has 20 heavy (non-hydrogen) atoms. The molecule has 6 nitrogen and oxygen atoms in total. The van der Waals surface area contributed by atoms with Crippen molar-refractivity contribution < 1.29 is 14.6 Å². The van der Waals surface area contributed by atoms with Crippen LogP contribution in [0.3, 0.4) is 0 Å². The van der Waals surface area contributed by atoms with Crippen molar-refractivity contribution in [1.82, 2.24) is 9.78 Å². The highest BCUT2D eigenvalue weighted by Crippen LogP contribution is 2.21. The quantitative estimate of drug-likeness (QED) is 0.905. The Bertz CT molecular complexity index is 707. The molecule has 0 unspecified atom stereocenters. The fraction of sp³-hybridized carbons (Fsp3) is 0.214. The molecule has 0 fully saturated rings. The molecule has 0 amide bonds. The maximum atomic E-state index is 11.7. The van der Waals surface area contributed by atoms with E-state index in [9.17, 15) is 9.59 Å². The minimum Gasteiger partial charge on any atom is -0.494 e. The van der Waals surface area contributed by atoms with E-state index in [0.29, 0.717) is 17.1 Å². The molecule has 0 atom stereocenters. The highest BCUT2D eigenvalue weighted by atomic mass is 16.5. The Morgan fingerprint density at radius 3 is 2.75 bits per heavy atom. The molecule has 0 aliphatic heterocycles. The van der Waals surface area contributed by atoms with E-state index in [-0.39, 0.29) is 11.1 Å². The summed E-state index contributed by atoms with van der Waals surface area (Å²) in [5.41, 5.74) is 0.873. The third kappa shape index (κ3) is 2.69. The molecule has 104 valence electrons. The van der Waals surface area contributed by atoms with Crippen LogP contribution in [0.5, 0.6) is 5.75 Å². The van der Waals surface area contributed by atoms with Gasteiger partial charge in [0.25, 0.3) is 0 Å². The second-order valence-corrected chi connectivity index (χ2v) is 4.25. The smallest absolute Gasteiger partial charge is 0.309 e. The van der Waals surface area contributed by atoms with Gasteiger partial charge in [0.05, 0.1) is 13.5 Å². The van der Waals surface area contributed by atoms with Gasteiger partial charge in [-0.05, 0) is 19.1 Å². The van der Waals surface area contributed by atoms with Crippen LogP contribution in [0.25, 0.3) is 5.69 Å². The minimum atomic E-state index is -1.09. The number of aliphatic carboxylic acids is 1. The first-order valence-corrected chi connectivity index (χ1v) is 5.98. The molecule has 2 aromatic rings. The Labute approximate surface area is 115 Å². The Morgan fingerprint density at radius 1 is 1.40 bits per heavy atom. The number of para-hydroxylation sites is 2. The predicted octanol–water partition coefficient (Wildman–Crippen LogP) is 1.18. The van der Waals surface area contributed by atoms with E-state index in [1.165, 1.54) is 17.9 Å². The number of nitrogens with zero attached hydrogens (tertiary/aromatic N) is 2. The number of carbonyl (C=O) groups is 1. The molecule has 0 radical (unpaired) electrons. The topological polar surface area (TPSA) is 81.4 Å². The number of rotatable bonds is 4. The van der Waals surface area contributed by atoms with E-state index in [1.807, 2.05) is 12.1 Å². The largest absolute Gasteiger partial charge is 0.494 e. The monoisotopic (exact) mass is 274 g/mol. The second-order valence-electron chi connectivity index (χ2n) is 4.25. The molecule has 0 spiro atoms. The first-order chi connectivity index (χ1) is 9.52. The number of carboxylic acid groups (broad SMARTS) is 1. The van der Waals surface area contributed by atoms with E-state index in [1.54, 1.807) is 19.1 Å². The molecule has 6 heteroatoms. The van der Waals surface area contributed by atoms with Crippen LogP contribution < -0.4 is 10.2 Å². The summed E-state index contributed by atoms with van der Waals surface area (Å²) in [6, 6.07) is 8.56. The number of carboxylic acids is 1. The van der Waals surface area contributed by atoms with Gasteiger partial charge in [0.15, 0.2) is 0 Å². The molecule has 1 N–H and O–H groups in total. The van der Waals surface area contributed by atoms with Gasteiger partial charge in [-0.2, -0.15) is 5.10 Å². The average Bonchev–Trinajstić information content (AvgIpc) is 2.41. The van der Waals surface area contributed by atoms with Crippen molar-refractivity contribution in [3.8, 4) is 11.4 Å². The average molecular weight is 274 g/mol. The van der Waals surface area contributed by atoms with Crippen LogP contribution in [0, 0.1) is 6.92 Å². The number of aryl methyl sites for hydroxylation is 1. The summed E-state index contributed by atoms with van der Waals surface area (Å²) in [6.45, 7) is 1.73. The molecule has 0 saturated carbocycles. The van der Waals surface area contributed by atoms with Crippen molar-refractivity contribution in [3.05, 3.63) is 51.9 Å². The van der Waals surface area contributed by atoms with Crippen molar-refractivity contribution in [1.29, 1.82) is 0 Å². The van der Waals surface area contributed by atoms with Crippen molar-refractivity contribution in [3.63, 3.8) is 0 Å². The fourth-order valence-electron chi connectivity index (χ4n) is 1.90. The van der Waals surface area contributed by atoms with Crippen molar-refractivity contribution >= 4 is 5.97 Å². The van der Waals surface area contributed by atoms with Gasteiger partial charge in [-0.15, -0.1) is 0 Å². The lowest BCUT2D eigenvalue weighted by molar-refractivity contribution is -0.136. The minimum absolute atomic E-state index is 0.00555. The zero-order valence-corrected chi connectivity index (χ0v) is 11.2. The normalized spacial score (nSPS) is 10.3. The van der Waals surface area contributed by atoms with Crippen molar-refractivity contribution in [2.45, 2.75) is 13.3 Å². The Balaban J connectivity index is 2.62. The van der Waals surface area contributed by atoms with Crippen LogP contribution >= 0.6 is 0 Å². The van der Waals surface area contributed by atoms with E-state index < -0.39 is 12.4 Å². The number of hydrogen-bond acceptors (Lipinski definition) is 4. The van der Waals surface area contributed by atoms with Gasteiger partial charge in [-0.25, -0.2) is 4.68 Å². The van der Waals surface area contributed by atoms with Gasteiger partial charge < -0.3 is 9.84 Å². The SMILES string of the molecule is COc1ccccc1-n1nc(CC(=O)O)c(=O)cc1C. The first kappa shape index (κ1) is 13.8. The number of hydrogen-bond donors (Lipinski definition) is 1.